The fourth-order valence-electron chi connectivity index (χ4n) is 3.08. The summed E-state index contributed by atoms with van der Waals surface area (Å²) >= 11 is 0. The molecule has 1 N–H and O–H groups in total. The zero-order valence-corrected chi connectivity index (χ0v) is 14.2. The van der Waals surface area contributed by atoms with Gasteiger partial charge < -0.3 is 14.9 Å². The molecule has 6 nitrogen and oxygen atoms in total. The second-order valence-electron chi connectivity index (χ2n) is 6.60. The number of anilines is 2. The van der Waals surface area contributed by atoms with Gasteiger partial charge >= 0.3 is 0 Å². The fourth-order valence-corrected chi connectivity index (χ4v) is 3.08. The Hall–Kier alpha value is -1.40. The van der Waals surface area contributed by atoms with Gasteiger partial charge in [-0.1, -0.05) is 13.8 Å². The van der Waals surface area contributed by atoms with Gasteiger partial charge in [0, 0.05) is 65.3 Å². The van der Waals surface area contributed by atoms with Crippen LogP contribution in [-0.4, -0.2) is 72.9 Å². The Bertz CT molecular complexity index is 466. The maximum absolute atomic E-state index is 9.39. The summed E-state index contributed by atoms with van der Waals surface area (Å²) in [6.07, 6.45) is 4.30. The molecule has 0 radical (unpaired) electrons. The third-order valence-electron chi connectivity index (χ3n) is 4.05. The highest BCUT2D eigenvalue weighted by Crippen LogP contribution is 2.26. The van der Waals surface area contributed by atoms with E-state index in [1.54, 1.807) is 12.4 Å². The molecule has 1 saturated heterocycles. The molecule has 1 unspecified atom stereocenters. The number of hydrogen-bond acceptors (Lipinski definition) is 6. The van der Waals surface area contributed by atoms with Crippen LogP contribution in [0, 0.1) is 5.92 Å². The molecule has 0 spiro atoms. The van der Waals surface area contributed by atoms with Crippen LogP contribution >= 0.6 is 0 Å². The highest BCUT2D eigenvalue weighted by Gasteiger charge is 2.29. The lowest BCUT2D eigenvalue weighted by Crippen LogP contribution is -2.54. The van der Waals surface area contributed by atoms with Crippen LogP contribution in [0.25, 0.3) is 0 Å². The summed E-state index contributed by atoms with van der Waals surface area (Å²) < 4.78 is 0. The highest BCUT2D eigenvalue weighted by atomic mass is 16.3. The minimum Gasteiger partial charge on any atom is -0.396 e. The lowest BCUT2D eigenvalue weighted by atomic mass is 10.1. The number of piperazine rings is 1. The van der Waals surface area contributed by atoms with Gasteiger partial charge in [-0.15, -0.1) is 0 Å². The number of aliphatic hydroxyl groups excluding tert-OH is 1. The predicted molar refractivity (Wildman–Crippen MR) is 90.5 cm³/mol. The zero-order valence-electron chi connectivity index (χ0n) is 14.2. The largest absolute Gasteiger partial charge is 0.396 e. The number of aliphatic hydroxyl groups is 1. The summed E-state index contributed by atoms with van der Waals surface area (Å²) in [5.74, 6) is 2.49. The van der Waals surface area contributed by atoms with Gasteiger partial charge in [-0.05, 0) is 12.3 Å². The van der Waals surface area contributed by atoms with Crippen LogP contribution in [0.4, 0.5) is 11.6 Å². The van der Waals surface area contributed by atoms with Crippen LogP contribution in [0.2, 0.25) is 0 Å². The summed E-state index contributed by atoms with van der Waals surface area (Å²) in [5, 5.41) is 9.39. The molecule has 2 heterocycles. The van der Waals surface area contributed by atoms with Crippen LogP contribution < -0.4 is 9.80 Å². The first-order valence-electron chi connectivity index (χ1n) is 8.11. The first kappa shape index (κ1) is 17.0. The van der Waals surface area contributed by atoms with Crippen molar-refractivity contribution in [3.05, 3.63) is 12.4 Å². The Kier molecular flexibility index (Phi) is 5.97. The number of hydrogen-bond donors (Lipinski definition) is 1. The molecule has 22 heavy (non-hydrogen) atoms. The van der Waals surface area contributed by atoms with Gasteiger partial charge in [0.25, 0.3) is 0 Å². The maximum Gasteiger partial charge on any atom is 0.172 e. The molecule has 0 saturated carbocycles. The van der Waals surface area contributed by atoms with Crippen LogP contribution in [0.15, 0.2) is 12.4 Å². The smallest absolute Gasteiger partial charge is 0.172 e. The number of rotatable bonds is 6. The van der Waals surface area contributed by atoms with Gasteiger partial charge in [0.15, 0.2) is 11.6 Å². The Balaban J connectivity index is 2.15. The van der Waals surface area contributed by atoms with E-state index < -0.39 is 0 Å². The van der Waals surface area contributed by atoms with E-state index in [2.05, 4.69) is 33.6 Å². The summed E-state index contributed by atoms with van der Waals surface area (Å²) in [6, 6.07) is 0.373. The van der Waals surface area contributed by atoms with E-state index in [1.165, 1.54) is 0 Å². The lowest BCUT2D eigenvalue weighted by Gasteiger charge is -2.43. The number of nitrogens with zero attached hydrogens (tertiary/aromatic N) is 5. The third kappa shape index (κ3) is 4.08. The first-order valence-corrected chi connectivity index (χ1v) is 8.11. The Morgan fingerprint density at radius 2 is 2.00 bits per heavy atom. The molecule has 1 atom stereocenters. The second kappa shape index (κ2) is 7.74. The molecule has 0 aliphatic carbocycles. The van der Waals surface area contributed by atoms with E-state index in [-0.39, 0.29) is 6.61 Å². The summed E-state index contributed by atoms with van der Waals surface area (Å²) in [5.41, 5.74) is 0. The Labute approximate surface area is 133 Å². The first-order chi connectivity index (χ1) is 10.5. The predicted octanol–water partition coefficient (Wildman–Crippen LogP) is 1.07. The minimum absolute atomic E-state index is 0.230. The molecule has 0 amide bonds. The molecule has 0 bridgehead atoms. The Morgan fingerprint density at radius 3 is 2.64 bits per heavy atom. The van der Waals surface area contributed by atoms with E-state index in [1.807, 2.05) is 19.0 Å². The van der Waals surface area contributed by atoms with Gasteiger partial charge in [-0.25, -0.2) is 9.97 Å². The van der Waals surface area contributed by atoms with Crippen LogP contribution in [0.5, 0.6) is 0 Å². The molecule has 1 aromatic rings. The van der Waals surface area contributed by atoms with Crippen molar-refractivity contribution < 1.29 is 5.11 Å². The van der Waals surface area contributed by atoms with Crippen molar-refractivity contribution in [3.63, 3.8) is 0 Å². The number of aromatic nitrogens is 2. The summed E-state index contributed by atoms with van der Waals surface area (Å²) in [7, 11) is 3.99. The van der Waals surface area contributed by atoms with Crippen molar-refractivity contribution in [2.45, 2.75) is 26.3 Å². The van der Waals surface area contributed by atoms with Crippen LogP contribution in [0.3, 0.4) is 0 Å². The highest BCUT2D eigenvalue weighted by molar-refractivity contribution is 5.61. The molecule has 1 aromatic heterocycles. The molecule has 1 aliphatic rings. The lowest BCUT2D eigenvalue weighted by molar-refractivity contribution is 0.128. The topological polar surface area (TPSA) is 55.7 Å². The molecule has 1 aliphatic heterocycles. The summed E-state index contributed by atoms with van der Waals surface area (Å²) in [4.78, 5) is 15.8. The van der Waals surface area contributed by atoms with Gasteiger partial charge in [-0.2, -0.15) is 0 Å². The van der Waals surface area contributed by atoms with Crippen molar-refractivity contribution in [1.29, 1.82) is 0 Å². The van der Waals surface area contributed by atoms with Crippen molar-refractivity contribution in [2.75, 3.05) is 56.7 Å². The van der Waals surface area contributed by atoms with Crippen molar-refractivity contribution in [1.82, 2.24) is 14.9 Å². The molecule has 2 rings (SSSR count). The molecular weight excluding hydrogens is 278 g/mol. The minimum atomic E-state index is 0.230. The third-order valence-corrected chi connectivity index (χ3v) is 4.05. The SMILES string of the molecule is CC(C)CN1CCN(c2nccnc2N(C)C)CC1CCO. The Morgan fingerprint density at radius 1 is 1.27 bits per heavy atom. The average Bonchev–Trinajstić information content (AvgIpc) is 2.49. The molecule has 1 fully saturated rings. The fraction of sp³-hybridized carbons (Fsp3) is 0.750. The molecule has 0 aromatic carbocycles. The van der Waals surface area contributed by atoms with Gasteiger partial charge in [-0.3, -0.25) is 4.90 Å². The molecular formula is C16H29N5O. The van der Waals surface area contributed by atoms with Crippen molar-refractivity contribution in [3.8, 4) is 0 Å². The monoisotopic (exact) mass is 307 g/mol. The van der Waals surface area contributed by atoms with E-state index in [9.17, 15) is 5.11 Å². The quantitative estimate of drug-likeness (QED) is 0.848. The molecule has 6 heteroatoms. The van der Waals surface area contributed by atoms with Gasteiger partial charge in [0.05, 0.1) is 0 Å². The van der Waals surface area contributed by atoms with Gasteiger partial charge in [0.2, 0.25) is 0 Å². The van der Waals surface area contributed by atoms with E-state index in [0.717, 1.165) is 44.2 Å². The normalized spacial score (nSPS) is 19.7. The molecule has 124 valence electrons. The maximum atomic E-state index is 9.39. The average molecular weight is 307 g/mol. The van der Waals surface area contributed by atoms with Crippen LogP contribution in [-0.2, 0) is 0 Å². The van der Waals surface area contributed by atoms with Crippen molar-refractivity contribution >= 4 is 11.6 Å². The summed E-state index contributed by atoms with van der Waals surface area (Å²) in [6.45, 7) is 8.66. The van der Waals surface area contributed by atoms with Gasteiger partial charge in [0.1, 0.15) is 0 Å². The van der Waals surface area contributed by atoms with E-state index in [4.69, 9.17) is 0 Å². The standard InChI is InChI=1S/C16H29N5O/c1-13(2)11-20-8-9-21(12-14(20)5-10-22)16-15(19(3)4)17-6-7-18-16/h6-7,13-14,22H,5,8-12H2,1-4H3. The zero-order chi connectivity index (χ0) is 16.1. The second-order valence-corrected chi connectivity index (χ2v) is 6.60. The van der Waals surface area contributed by atoms with E-state index in [0.29, 0.717) is 12.0 Å². The van der Waals surface area contributed by atoms with Crippen LogP contribution in [0.1, 0.15) is 20.3 Å². The van der Waals surface area contributed by atoms with Crippen molar-refractivity contribution in [2.24, 2.45) is 5.92 Å². The van der Waals surface area contributed by atoms with E-state index >= 15 is 0 Å².